The predicted octanol–water partition coefficient (Wildman–Crippen LogP) is 7.07. The maximum atomic E-state index is 13.8. The van der Waals surface area contributed by atoms with E-state index in [-0.39, 0.29) is 34.0 Å². The molecular formula is C38H34ClN3O5S. The van der Waals surface area contributed by atoms with Crippen LogP contribution in [0.1, 0.15) is 57.9 Å². The zero-order valence-corrected chi connectivity index (χ0v) is 27.7. The highest BCUT2D eigenvalue weighted by molar-refractivity contribution is 7.89. The smallest absolute Gasteiger partial charge is 0.340 e. The van der Waals surface area contributed by atoms with Gasteiger partial charge < -0.3 is 4.74 Å². The van der Waals surface area contributed by atoms with Crippen molar-refractivity contribution in [2.75, 3.05) is 13.2 Å². The zero-order valence-electron chi connectivity index (χ0n) is 26.2. The predicted molar refractivity (Wildman–Crippen MR) is 185 cm³/mol. The Bertz CT molecular complexity index is 2030. The first-order valence-electron chi connectivity index (χ1n) is 16.0. The highest BCUT2D eigenvalue weighted by Crippen LogP contribution is 2.44. The van der Waals surface area contributed by atoms with Gasteiger partial charge in [0.1, 0.15) is 0 Å². The van der Waals surface area contributed by atoms with Gasteiger partial charge in [0, 0.05) is 19.0 Å². The molecule has 4 aromatic carbocycles. The quantitative estimate of drug-likeness (QED) is 0.195. The van der Waals surface area contributed by atoms with Crippen molar-refractivity contribution in [3.8, 4) is 0 Å². The molecule has 4 aromatic rings. The van der Waals surface area contributed by atoms with Crippen LogP contribution >= 0.6 is 11.6 Å². The van der Waals surface area contributed by atoms with Gasteiger partial charge in [-0.2, -0.15) is 9.41 Å². The Hall–Kier alpha value is -4.57. The minimum atomic E-state index is -3.93. The third kappa shape index (κ3) is 6.33. The molecule has 48 heavy (non-hydrogen) atoms. The number of rotatable bonds is 7. The molecule has 0 N–H and O–H groups in total. The summed E-state index contributed by atoms with van der Waals surface area (Å²) in [7, 11) is -3.93. The van der Waals surface area contributed by atoms with Crippen molar-refractivity contribution in [2.24, 2.45) is 11.0 Å². The molecule has 2 unspecified atom stereocenters. The van der Waals surface area contributed by atoms with Crippen LogP contribution in [-0.4, -0.2) is 48.5 Å². The maximum Gasteiger partial charge on any atom is 0.340 e. The third-order valence-electron chi connectivity index (χ3n) is 9.26. The zero-order chi connectivity index (χ0) is 33.3. The summed E-state index contributed by atoms with van der Waals surface area (Å²) in [5.74, 6) is -1.38. The van der Waals surface area contributed by atoms with Crippen molar-refractivity contribution in [1.29, 1.82) is 0 Å². The van der Waals surface area contributed by atoms with E-state index in [2.05, 4.69) is 6.08 Å². The Morgan fingerprint density at radius 3 is 2.38 bits per heavy atom. The summed E-state index contributed by atoms with van der Waals surface area (Å²) in [6.45, 7) is -0.0282. The SMILES string of the molecule is O=C(OCC(=O)N1N=C2/C(=C/c3ccccc3)CCCC2C1c1ccccc1)c1cc(S(=O)(=O)N2CCc3ccccc3C2)ccc1Cl. The summed E-state index contributed by atoms with van der Waals surface area (Å²) in [4.78, 5) is 27.0. The third-order valence-corrected chi connectivity index (χ3v) is 11.4. The Morgan fingerprint density at radius 2 is 1.60 bits per heavy atom. The van der Waals surface area contributed by atoms with Crippen molar-refractivity contribution in [1.82, 2.24) is 9.31 Å². The number of nitrogens with zero attached hydrogens (tertiary/aromatic N) is 3. The number of fused-ring (bicyclic) bond motifs is 2. The van der Waals surface area contributed by atoms with Crippen molar-refractivity contribution in [3.05, 3.63) is 142 Å². The number of hydrogen-bond acceptors (Lipinski definition) is 6. The second-order valence-corrected chi connectivity index (χ2v) is 14.6. The number of carbonyl (C=O) groups excluding carboxylic acids is 2. The van der Waals surface area contributed by atoms with Gasteiger partial charge in [0.05, 0.1) is 27.2 Å². The van der Waals surface area contributed by atoms with Gasteiger partial charge in [-0.25, -0.2) is 18.2 Å². The summed E-state index contributed by atoms with van der Waals surface area (Å²) < 4.78 is 34.1. The summed E-state index contributed by atoms with van der Waals surface area (Å²) in [6, 6.07) is 31.2. The number of hydrogen-bond donors (Lipinski definition) is 0. The lowest BCUT2D eigenvalue weighted by molar-refractivity contribution is -0.137. The summed E-state index contributed by atoms with van der Waals surface area (Å²) in [6.07, 6.45) is 5.41. The number of halogens is 1. The van der Waals surface area contributed by atoms with Gasteiger partial charge in [0.2, 0.25) is 10.0 Å². The van der Waals surface area contributed by atoms with Crippen molar-refractivity contribution in [3.63, 3.8) is 0 Å². The number of ether oxygens (including phenoxy) is 1. The average Bonchev–Trinajstić information content (AvgIpc) is 3.52. The molecule has 1 amide bonds. The molecule has 244 valence electrons. The minimum Gasteiger partial charge on any atom is -0.452 e. The number of carbonyl (C=O) groups is 2. The van der Waals surface area contributed by atoms with Crippen LogP contribution in [-0.2, 0) is 32.5 Å². The van der Waals surface area contributed by atoms with E-state index < -0.39 is 28.5 Å². The highest BCUT2D eigenvalue weighted by Gasteiger charge is 2.44. The molecule has 0 saturated heterocycles. The van der Waals surface area contributed by atoms with Crippen LogP contribution in [0.3, 0.4) is 0 Å². The first-order valence-corrected chi connectivity index (χ1v) is 17.9. The van der Waals surface area contributed by atoms with E-state index in [4.69, 9.17) is 21.4 Å². The fraction of sp³-hybridized carbons (Fsp3) is 0.237. The van der Waals surface area contributed by atoms with E-state index in [9.17, 15) is 18.0 Å². The van der Waals surface area contributed by atoms with Gasteiger partial charge in [-0.1, -0.05) is 96.5 Å². The molecule has 0 aromatic heterocycles. The van der Waals surface area contributed by atoms with Crippen LogP contribution in [0.25, 0.3) is 6.08 Å². The Morgan fingerprint density at radius 1 is 0.896 bits per heavy atom. The Kier molecular flexibility index (Phi) is 9.00. The Labute approximate surface area is 285 Å². The van der Waals surface area contributed by atoms with E-state index >= 15 is 0 Å². The topological polar surface area (TPSA) is 96.4 Å². The average molecular weight is 680 g/mol. The van der Waals surface area contributed by atoms with Crippen LogP contribution in [0.4, 0.5) is 0 Å². The molecule has 0 spiro atoms. The molecule has 0 radical (unpaired) electrons. The van der Waals surface area contributed by atoms with Gasteiger partial charge in [-0.3, -0.25) is 4.79 Å². The normalized spacial score (nSPS) is 20.1. The van der Waals surface area contributed by atoms with Crippen LogP contribution < -0.4 is 0 Å². The summed E-state index contributed by atoms with van der Waals surface area (Å²) in [5.41, 5.74) is 5.92. The lowest BCUT2D eigenvalue weighted by atomic mass is 9.77. The van der Waals surface area contributed by atoms with Crippen molar-refractivity contribution >= 4 is 45.3 Å². The monoisotopic (exact) mass is 679 g/mol. The van der Waals surface area contributed by atoms with E-state index in [1.807, 2.05) is 84.9 Å². The molecule has 2 aliphatic heterocycles. The van der Waals surface area contributed by atoms with Crippen LogP contribution in [0.5, 0.6) is 0 Å². The molecule has 10 heteroatoms. The molecule has 1 saturated carbocycles. The Balaban J connectivity index is 1.11. The van der Waals surface area contributed by atoms with Gasteiger partial charge in [0.25, 0.3) is 5.91 Å². The molecule has 2 heterocycles. The van der Waals surface area contributed by atoms with E-state index in [0.29, 0.717) is 13.0 Å². The van der Waals surface area contributed by atoms with Crippen LogP contribution in [0, 0.1) is 5.92 Å². The maximum absolute atomic E-state index is 13.8. The number of esters is 1. The first kappa shape index (κ1) is 32.0. The van der Waals surface area contributed by atoms with Crippen molar-refractivity contribution in [2.45, 2.75) is 43.2 Å². The lowest BCUT2D eigenvalue weighted by Gasteiger charge is -2.29. The molecule has 8 nitrogen and oxygen atoms in total. The van der Waals surface area contributed by atoms with Crippen LogP contribution in [0.2, 0.25) is 5.02 Å². The highest BCUT2D eigenvalue weighted by atomic mass is 35.5. The lowest BCUT2D eigenvalue weighted by Crippen LogP contribution is -2.36. The van der Waals surface area contributed by atoms with E-state index in [1.54, 1.807) is 0 Å². The standard InChI is InChI=1S/C38H34ClN3O5S/c39-34-19-18-31(48(45,46)41-21-20-27-12-7-8-15-30(27)24-41)23-33(34)38(44)47-25-35(43)42-37(28-13-5-2-6-14-28)32-17-9-16-29(36(32)40-42)22-26-10-3-1-4-11-26/h1-8,10-15,18-19,22-23,32,37H,9,16-17,20-21,24-25H2/b29-22+. The van der Waals surface area contributed by atoms with Gasteiger partial charge in [-0.15, -0.1) is 0 Å². The second-order valence-electron chi connectivity index (χ2n) is 12.2. The first-order chi connectivity index (χ1) is 23.3. The number of hydrazone groups is 1. The molecule has 0 bridgehead atoms. The fourth-order valence-electron chi connectivity index (χ4n) is 6.86. The fourth-order valence-corrected chi connectivity index (χ4v) is 8.50. The molecule has 1 aliphatic carbocycles. The van der Waals surface area contributed by atoms with Crippen molar-refractivity contribution < 1.29 is 22.7 Å². The largest absolute Gasteiger partial charge is 0.452 e. The van der Waals surface area contributed by atoms with Gasteiger partial charge in [0.15, 0.2) is 6.61 Å². The van der Waals surface area contributed by atoms with E-state index in [1.165, 1.54) is 27.5 Å². The van der Waals surface area contributed by atoms with Gasteiger partial charge in [-0.05, 0) is 77.8 Å². The van der Waals surface area contributed by atoms with E-state index in [0.717, 1.165) is 52.8 Å². The number of amides is 1. The molecule has 1 fully saturated rings. The van der Waals surface area contributed by atoms with Gasteiger partial charge >= 0.3 is 5.97 Å². The van der Waals surface area contributed by atoms with Crippen LogP contribution in [0.15, 0.2) is 119 Å². The molecule has 7 rings (SSSR count). The number of allylic oxidation sites excluding steroid dienone is 1. The molecule has 2 atom stereocenters. The second kappa shape index (κ2) is 13.5. The molecular weight excluding hydrogens is 646 g/mol. The summed E-state index contributed by atoms with van der Waals surface area (Å²) in [5, 5.41) is 6.33. The number of benzene rings is 4. The molecule has 3 aliphatic rings. The minimum absolute atomic E-state index is 0.00570. The summed E-state index contributed by atoms with van der Waals surface area (Å²) >= 11 is 6.37. The number of sulfonamides is 1.